The molecule has 0 fully saturated rings. The Balaban J connectivity index is 1.52. The van der Waals surface area contributed by atoms with Crippen molar-refractivity contribution >= 4 is 22.7 Å². The van der Waals surface area contributed by atoms with Crippen LogP contribution in [0.5, 0.6) is 0 Å². The van der Waals surface area contributed by atoms with Crippen molar-refractivity contribution in [1.29, 1.82) is 0 Å². The van der Waals surface area contributed by atoms with Crippen LogP contribution in [0.2, 0.25) is 0 Å². The maximum Gasteiger partial charge on any atom is 0.435 e. The van der Waals surface area contributed by atoms with Gasteiger partial charge in [-0.2, -0.15) is 18.3 Å². The molecule has 0 unspecified atom stereocenters. The third-order valence-electron chi connectivity index (χ3n) is 5.77. The summed E-state index contributed by atoms with van der Waals surface area (Å²) in [6.45, 7) is 2.21. The number of hydrogen-bond donors (Lipinski definition) is 1. The Kier molecular flexibility index (Phi) is 5.16. The number of alkyl halides is 3. The van der Waals surface area contributed by atoms with E-state index in [1.807, 2.05) is 0 Å². The van der Waals surface area contributed by atoms with E-state index in [0.717, 1.165) is 4.90 Å². The molecule has 0 atom stereocenters. The van der Waals surface area contributed by atoms with E-state index in [4.69, 9.17) is 4.42 Å². The van der Waals surface area contributed by atoms with Crippen molar-refractivity contribution in [2.45, 2.75) is 26.1 Å². The van der Waals surface area contributed by atoms with Crippen LogP contribution in [0.25, 0.3) is 16.8 Å². The molecular formula is C23H19F4N5O2. The molecule has 2 aromatic heterocycles. The van der Waals surface area contributed by atoms with Crippen molar-refractivity contribution in [3.05, 3.63) is 70.6 Å². The SMILES string of the molecule is Cc1nc2cc(F)c(N(C)C(=O)c3cccc(-n4nc(C(F)(F)F)c5c4CCNC5)c3)cc2o1. The van der Waals surface area contributed by atoms with Gasteiger partial charge in [0.25, 0.3) is 5.91 Å². The van der Waals surface area contributed by atoms with Gasteiger partial charge in [-0.1, -0.05) is 6.07 Å². The molecule has 2 aromatic carbocycles. The first-order valence-electron chi connectivity index (χ1n) is 10.5. The quantitative estimate of drug-likeness (QED) is 0.447. The third kappa shape index (κ3) is 3.71. The standard InChI is InChI=1S/C23H19F4N5O2/c1-12-29-17-9-16(24)19(10-20(17)34-12)31(2)22(33)13-4-3-5-14(8-13)32-18-6-7-28-11-15(18)21(30-32)23(25,26)27/h3-5,8-10,28H,6-7,11H2,1-2H3. The molecule has 0 spiro atoms. The summed E-state index contributed by atoms with van der Waals surface area (Å²) in [5, 5.41) is 6.77. The van der Waals surface area contributed by atoms with E-state index in [1.165, 1.54) is 36.0 Å². The molecule has 3 heterocycles. The lowest BCUT2D eigenvalue weighted by molar-refractivity contribution is -0.142. The Morgan fingerprint density at radius 2 is 2.03 bits per heavy atom. The van der Waals surface area contributed by atoms with E-state index < -0.39 is 23.6 Å². The van der Waals surface area contributed by atoms with Crippen LogP contribution in [-0.2, 0) is 19.1 Å². The Morgan fingerprint density at radius 1 is 1.24 bits per heavy atom. The first-order chi connectivity index (χ1) is 16.1. The Morgan fingerprint density at radius 3 is 2.79 bits per heavy atom. The van der Waals surface area contributed by atoms with Crippen LogP contribution in [0.15, 0.2) is 40.8 Å². The number of carbonyl (C=O) groups is 1. The summed E-state index contributed by atoms with van der Waals surface area (Å²) in [6.07, 6.45) is -4.24. The lowest BCUT2D eigenvalue weighted by atomic mass is 10.1. The third-order valence-corrected chi connectivity index (χ3v) is 5.77. The Bertz CT molecular complexity index is 1420. The largest absolute Gasteiger partial charge is 0.441 e. The number of nitrogens with zero attached hydrogens (tertiary/aromatic N) is 4. The highest BCUT2D eigenvalue weighted by atomic mass is 19.4. The summed E-state index contributed by atoms with van der Waals surface area (Å²) in [7, 11) is 1.41. The summed E-state index contributed by atoms with van der Waals surface area (Å²) in [6, 6.07) is 8.67. The van der Waals surface area contributed by atoms with Gasteiger partial charge in [-0.25, -0.2) is 14.1 Å². The molecule has 7 nitrogen and oxygen atoms in total. The molecule has 0 bridgehead atoms. The van der Waals surface area contributed by atoms with Gasteiger partial charge in [0.15, 0.2) is 17.2 Å². The molecule has 1 aliphatic heterocycles. The number of anilines is 1. The number of aryl methyl sites for hydroxylation is 1. The van der Waals surface area contributed by atoms with Crippen molar-refractivity contribution in [3.63, 3.8) is 0 Å². The lowest BCUT2D eigenvalue weighted by Crippen LogP contribution is -2.27. The average molecular weight is 473 g/mol. The number of fused-ring (bicyclic) bond motifs is 2. The van der Waals surface area contributed by atoms with Gasteiger partial charge in [-0.05, 0) is 18.2 Å². The number of benzene rings is 2. The van der Waals surface area contributed by atoms with Crippen molar-refractivity contribution in [2.24, 2.45) is 0 Å². The maximum atomic E-state index is 14.7. The minimum absolute atomic E-state index is 0.0130. The summed E-state index contributed by atoms with van der Waals surface area (Å²) < 4.78 is 62.0. The van der Waals surface area contributed by atoms with Crippen molar-refractivity contribution in [2.75, 3.05) is 18.5 Å². The van der Waals surface area contributed by atoms with Gasteiger partial charge in [-0.3, -0.25) is 4.79 Å². The lowest BCUT2D eigenvalue weighted by Gasteiger charge is -2.19. The van der Waals surface area contributed by atoms with Crippen LogP contribution in [0.4, 0.5) is 23.2 Å². The number of aromatic nitrogens is 3. The number of amides is 1. The fourth-order valence-corrected chi connectivity index (χ4v) is 4.17. The monoisotopic (exact) mass is 473 g/mol. The number of rotatable bonds is 3. The highest BCUT2D eigenvalue weighted by Gasteiger charge is 2.39. The van der Waals surface area contributed by atoms with Gasteiger partial charge in [0, 0.05) is 56.7 Å². The highest BCUT2D eigenvalue weighted by Crippen LogP contribution is 2.35. The predicted molar refractivity (Wildman–Crippen MR) is 115 cm³/mol. The normalized spacial score (nSPS) is 13.8. The average Bonchev–Trinajstić information content (AvgIpc) is 3.37. The van der Waals surface area contributed by atoms with Crippen molar-refractivity contribution in [1.82, 2.24) is 20.1 Å². The smallest absolute Gasteiger partial charge is 0.435 e. The molecule has 0 aliphatic carbocycles. The topological polar surface area (TPSA) is 76.2 Å². The van der Waals surface area contributed by atoms with Gasteiger partial charge >= 0.3 is 6.18 Å². The molecule has 11 heteroatoms. The Hall–Kier alpha value is -3.73. The Labute approximate surface area is 191 Å². The molecule has 34 heavy (non-hydrogen) atoms. The van der Waals surface area contributed by atoms with Crippen LogP contribution in [0.1, 0.15) is 33.2 Å². The zero-order valence-corrected chi connectivity index (χ0v) is 18.2. The molecule has 5 rings (SSSR count). The number of nitrogens with one attached hydrogen (secondary N) is 1. The van der Waals surface area contributed by atoms with Gasteiger partial charge in [0.05, 0.1) is 17.1 Å². The predicted octanol–water partition coefficient (Wildman–Crippen LogP) is 4.40. The first-order valence-corrected chi connectivity index (χ1v) is 10.5. The van der Waals surface area contributed by atoms with Gasteiger partial charge < -0.3 is 14.6 Å². The van der Waals surface area contributed by atoms with Gasteiger partial charge in [-0.15, -0.1) is 0 Å². The summed E-state index contributed by atoms with van der Waals surface area (Å²) >= 11 is 0. The summed E-state index contributed by atoms with van der Waals surface area (Å²) in [5.74, 6) is -0.837. The second-order valence-electron chi connectivity index (χ2n) is 8.03. The fraction of sp³-hybridized carbons (Fsp3) is 0.261. The molecule has 0 saturated carbocycles. The molecule has 4 aromatic rings. The molecule has 0 saturated heterocycles. The zero-order valence-electron chi connectivity index (χ0n) is 18.2. The molecule has 0 radical (unpaired) electrons. The number of carbonyl (C=O) groups excluding carboxylic acids is 1. The first kappa shape index (κ1) is 22.1. The van der Waals surface area contributed by atoms with Crippen LogP contribution in [0.3, 0.4) is 0 Å². The maximum absolute atomic E-state index is 14.7. The van der Waals surface area contributed by atoms with E-state index >= 15 is 0 Å². The van der Waals surface area contributed by atoms with Crippen molar-refractivity contribution < 1.29 is 26.8 Å². The van der Waals surface area contributed by atoms with Crippen LogP contribution in [-0.4, -0.2) is 34.3 Å². The van der Waals surface area contributed by atoms with Crippen molar-refractivity contribution in [3.8, 4) is 5.69 Å². The number of oxazole rings is 1. The minimum Gasteiger partial charge on any atom is -0.441 e. The second kappa shape index (κ2) is 7.94. The summed E-state index contributed by atoms with van der Waals surface area (Å²) in [5.41, 5.74) is 0.738. The number of halogens is 4. The number of hydrogen-bond acceptors (Lipinski definition) is 5. The van der Waals surface area contributed by atoms with Crippen LogP contribution in [0, 0.1) is 12.7 Å². The van der Waals surface area contributed by atoms with E-state index in [0.29, 0.717) is 41.3 Å². The highest BCUT2D eigenvalue weighted by molar-refractivity contribution is 6.06. The van der Waals surface area contributed by atoms with Gasteiger partial charge in [0.1, 0.15) is 11.3 Å². The fourth-order valence-electron chi connectivity index (χ4n) is 4.17. The van der Waals surface area contributed by atoms with Gasteiger partial charge in [0.2, 0.25) is 0 Å². The molecule has 1 amide bonds. The molecule has 1 N–H and O–H groups in total. The second-order valence-corrected chi connectivity index (χ2v) is 8.03. The van der Waals surface area contributed by atoms with E-state index in [9.17, 15) is 22.4 Å². The van der Waals surface area contributed by atoms with E-state index in [-0.39, 0.29) is 23.4 Å². The van der Waals surface area contributed by atoms with E-state index in [2.05, 4.69) is 15.4 Å². The van der Waals surface area contributed by atoms with Crippen LogP contribution >= 0.6 is 0 Å². The van der Waals surface area contributed by atoms with E-state index in [1.54, 1.807) is 19.1 Å². The minimum atomic E-state index is -4.60. The summed E-state index contributed by atoms with van der Waals surface area (Å²) in [4.78, 5) is 18.4. The molecule has 176 valence electrons. The van der Waals surface area contributed by atoms with Crippen LogP contribution < -0.4 is 10.2 Å². The zero-order chi connectivity index (χ0) is 24.2. The molecular weight excluding hydrogens is 454 g/mol. The molecule has 1 aliphatic rings.